The van der Waals surface area contributed by atoms with Crippen LogP contribution < -0.4 is 5.32 Å². The lowest BCUT2D eigenvalue weighted by Gasteiger charge is -2.02. The predicted octanol–water partition coefficient (Wildman–Crippen LogP) is 1.18. The number of thiophene rings is 1. The van der Waals surface area contributed by atoms with E-state index in [-0.39, 0.29) is 12.5 Å². The monoisotopic (exact) mass is 213 g/mol. The van der Waals surface area contributed by atoms with Crippen molar-refractivity contribution in [3.63, 3.8) is 0 Å². The van der Waals surface area contributed by atoms with Gasteiger partial charge >= 0.3 is 0 Å². The minimum atomic E-state index is 0.0237. The molecule has 0 aromatic carbocycles. The third-order valence-electron chi connectivity index (χ3n) is 1.84. The number of carbonyl (C=O) groups excluding carboxylic acids is 1. The normalized spacial score (nSPS) is 10.1. The summed E-state index contributed by atoms with van der Waals surface area (Å²) >= 11 is 1.70. The van der Waals surface area contributed by atoms with E-state index in [1.54, 1.807) is 11.3 Å². The molecule has 0 aliphatic carbocycles. The first-order valence-corrected chi connectivity index (χ1v) is 5.61. The van der Waals surface area contributed by atoms with Crippen LogP contribution in [0.1, 0.15) is 17.7 Å². The Morgan fingerprint density at radius 3 is 3.07 bits per heavy atom. The first-order chi connectivity index (χ1) is 6.83. The third kappa shape index (κ3) is 4.39. The molecule has 78 valence electrons. The smallest absolute Gasteiger partial charge is 0.220 e. The molecule has 1 heterocycles. The van der Waals surface area contributed by atoms with Crippen molar-refractivity contribution in [3.05, 3.63) is 22.4 Å². The SMILES string of the molecule is O=C(CCCO)NCCc1cccs1. The fourth-order valence-electron chi connectivity index (χ4n) is 1.11. The number of rotatable bonds is 6. The van der Waals surface area contributed by atoms with Crippen molar-refractivity contribution < 1.29 is 9.90 Å². The summed E-state index contributed by atoms with van der Waals surface area (Å²) in [6, 6.07) is 4.07. The average molecular weight is 213 g/mol. The van der Waals surface area contributed by atoms with E-state index in [0.29, 0.717) is 19.4 Å². The van der Waals surface area contributed by atoms with Gasteiger partial charge in [-0.05, 0) is 24.3 Å². The number of aliphatic hydroxyl groups excluding tert-OH is 1. The Labute approximate surface area is 87.8 Å². The van der Waals surface area contributed by atoms with Crippen LogP contribution in [-0.2, 0) is 11.2 Å². The Morgan fingerprint density at radius 1 is 1.57 bits per heavy atom. The van der Waals surface area contributed by atoms with Crippen LogP contribution >= 0.6 is 11.3 Å². The van der Waals surface area contributed by atoms with Gasteiger partial charge in [0.05, 0.1) is 0 Å². The van der Waals surface area contributed by atoms with Crippen molar-refractivity contribution in [2.75, 3.05) is 13.2 Å². The largest absolute Gasteiger partial charge is 0.396 e. The minimum Gasteiger partial charge on any atom is -0.396 e. The molecule has 0 spiro atoms. The van der Waals surface area contributed by atoms with Gasteiger partial charge in [0.15, 0.2) is 0 Å². The second-order valence-corrected chi connectivity index (χ2v) is 4.04. The van der Waals surface area contributed by atoms with Crippen molar-refractivity contribution >= 4 is 17.2 Å². The Morgan fingerprint density at radius 2 is 2.43 bits per heavy atom. The van der Waals surface area contributed by atoms with Gasteiger partial charge < -0.3 is 10.4 Å². The van der Waals surface area contributed by atoms with Crippen LogP contribution in [-0.4, -0.2) is 24.2 Å². The molecule has 0 aliphatic rings. The van der Waals surface area contributed by atoms with Crippen molar-refractivity contribution in [2.24, 2.45) is 0 Å². The number of hydrogen-bond acceptors (Lipinski definition) is 3. The molecule has 0 unspecified atom stereocenters. The van der Waals surface area contributed by atoms with Crippen LogP contribution in [0.4, 0.5) is 0 Å². The van der Waals surface area contributed by atoms with Gasteiger partial charge in [-0.25, -0.2) is 0 Å². The molecule has 1 amide bonds. The van der Waals surface area contributed by atoms with Gasteiger partial charge in [0, 0.05) is 24.4 Å². The lowest BCUT2D eigenvalue weighted by atomic mass is 10.3. The average Bonchev–Trinajstić information content (AvgIpc) is 2.67. The van der Waals surface area contributed by atoms with Crippen LogP contribution in [0.15, 0.2) is 17.5 Å². The van der Waals surface area contributed by atoms with E-state index in [2.05, 4.69) is 11.4 Å². The van der Waals surface area contributed by atoms with E-state index in [1.165, 1.54) is 4.88 Å². The van der Waals surface area contributed by atoms with Gasteiger partial charge in [0.2, 0.25) is 5.91 Å². The number of aliphatic hydroxyl groups is 1. The number of amides is 1. The molecular weight excluding hydrogens is 198 g/mol. The molecule has 0 saturated heterocycles. The molecule has 1 aromatic rings. The zero-order valence-electron chi connectivity index (χ0n) is 8.03. The van der Waals surface area contributed by atoms with Crippen molar-refractivity contribution in [2.45, 2.75) is 19.3 Å². The molecule has 0 radical (unpaired) electrons. The summed E-state index contributed by atoms with van der Waals surface area (Å²) in [6.45, 7) is 0.767. The van der Waals surface area contributed by atoms with Crippen LogP contribution in [0, 0.1) is 0 Å². The van der Waals surface area contributed by atoms with Crippen LogP contribution in [0.5, 0.6) is 0 Å². The van der Waals surface area contributed by atoms with Gasteiger partial charge in [-0.15, -0.1) is 11.3 Å². The maximum Gasteiger partial charge on any atom is 0.220 e. The maximum atomic E-state index is 11.1. The zero-order valence-corrected chi connectivity index (χ0v) is 8.85. The predicted molar refractivity (Wildman–Crippen MR) is 57.4 cm³/mol. The molecular formula is C10H15NO2S. The summed E-state index contributed by atoms with van der Waals surface area (Å²) in [5, 5.41) is 13.4. The topological polar surface area (TPSA) is 49.3 Å². The Hall–Kier alpha value is -0.870. The molecule has 0 aliphatic heterocycles. The molecule has 4 heteroatoms. The standard InChI is InChI=1S/C10H15NO2S/c12-7-1-4-10(13)11-6-5-9-3-2-8-14-9/h2-3,8,12H,1,4-7H2,(H,11,13). The highest BCUT2D eigenvalue weighted by molar-refractivity contribution is 7.09. The molecule has 1 rings (SSSR count). The number of carbonyl (C=O) groups is 1. The molecule has 14 heavy (non-hydrogen) atoms. The maximum absolute atomic E-state index is 11.1. The lowest BCUT2D eigenvalue weighted by molar-refractivity contribution is -0.121. The van der Waals surface area contributed by atoms with Gasteiger partial charge in [-0.3, -0.25) is 4.79 Å². The lowest BCUT2D eigenvalue weighted by Crippen LogP contribution is -2.25. The zero-order chi connectivity index (χ0) is 10.2. The van der Waals surface area contributed by atoms with Crippen LogP contribution in [0.25, 0.3) is 0 Å². The van der Waals surface area contributed by atoms with E-state index >= 15 is 0 Å². The van der Waals surface area contributed by atoms with Crippen LogP contribution in [0.2, 0.25) is 0 Å². The highest BCUT2D eigenvalue weighted by Gasteiger charge is 1.99. The Kier molecular flexibility index (Phi) is 5.25. The molecule has 0 fully saturated rings. The van der Waals surface area contributed by atoms with Crippen molar-refractivity contribution in [1.29, 1.82) is 0 Å². The molecule has 2 N–H and O–H groups in total. The number of nitrogens with one attached hydrogen (secondary N) is 1. The highest BCUT2D eigenvalue weighted by Crippen LogP contribution is 2.07. The summed E-state index contributed by atoms with van der Waals surface area (Å²) in [7, 11) is 0. The summed E-state index contributed by atoms with van der Waals surface area (Å²) in [5.41, 5.74) is 0. The Bertz CT molecular complexity index is 259. The molecule has 1 aromatic heterocycles. The highest BCUT2D eigenvalue weighted by atomic mass is 32.1. The second kappa shape index (κ2) is 6.56. The summed E-state index contributed by atoms with van der Waals surface area (Å²) in [4.78, 5) is 12.4. The minimum absolute atomic E-state index is 0.0237. The fraction of sp³-hybridized carbons (Fsp3) is 0.500. The summed E-state index contributed by atoms with van der Waals surface area (Å²) < 4.78 is 0. The molecule has 0 atom stereocenters. The Balaban J connectivity index is 2.06. The first kappa shape index (κ1) is 11.2. The third-order valence-corrected chi connectivity index (χ3v) is 2.77. The first-order valence-electron chi connectivity index (χ1n) is 4.73. The van der Waals surface area contributed by atoms with E-state index in [9.17, 15) is 4.79 Å². The van der Waals surface area contributed by atoms with Crippen molar-refractivity contribution in [3.8, 4) is 0 Å². The van der Waals surface area contributed by atoms with Gasteiger partial charge in [0.1, 0.15) is 0 Å². The molecule has 0 saturated carbocycles. The summed E-state index contributed by atoms with van der Waals surface area (Å²) in [5.74, 6) is 0.0237. The second-order valence-electron chi connectivity index (χ2n) is 3.01. The van der Waals surface area contributed by atoms with Gasteiger partial charge in [-0.1, -0.05) is 6.07 Å². The van der Waals surface area contributed by atoms with E-state index in [4.69, 9.17) is 5.11 Å². The number of hydrogen-bond donors (Lipinski definition) is 2. The van der Waals surface area contributed by atoms with E-state index in [1.807, 2.05) is 11.4 Å². The van der Waals surface area contributed by atoms with E-state index < -0.39 is 0 Å². The fourth-order valence-corrected chi connectivity index (χ4v) is 1.82. The summed E-state index contributed by atoms with van der Waals surface area (Å²) in [6.07, 6.45) is 1.86. The van der Waals surface area contributed by atoms with Crippen molar-refractivity contribution in [1.82, 2.24) is 5.32 Å². The molecule has 3 nitrogen and oxygen atoms in total. The molecule has 0 bridgehead atoms. The van der Waals surface area contributed by atoms with Crippen LogP contribution in [0.3, 0.4) is 0 Å². The van der Waals surface area contributed by atoms with E-state index in [0.717, 1.165) is 6.42 Å². The van der Waals surface area contributed by atoms with Gasteiger partial charge in [0.25, 0.3) is 0 Å². The van der Waals surface area contributed by atoms with Gasteiger partial charge in [-0.2, -0.15) is 0 Å². The quantitative estimate of drug-likeness (QED) is 0.745.